The largest absolute Gasteiger partial charge is 0.515 e. The van der Waals surface area contributed by atoms with Crippen LogP contribution in [-0.2, 0) is 15.7 Å². The summed E-state index contributed by atoms with van der Waals surface area (Å²) in [4.78, 5) is 22.0. The van der Waals surface area contributed by atoms with E-state index >= 15 is 0 Å². The van der Waals surface area contributed by atoms with Crippen molar-refractivity contribution in [3.8, 4) is 5.75 Å². The van der Waals surface area contributed by atoms with Gasteiger partial charge in [-0.15, -0.1) is 0 Å². The van der Waals surface area contributed by atoms with Crippen LogP contribution in [0.3, 0.4) is 0 Å². The van der Waals surface area contributed by atoms with E-state index in [-0.39, 0.29) is 12.7 Å². The summed E-state index contributed by atoms with van der Waals surface area (Å²) in [6.45, 7) is 10.7. The molecule has 6 nitrogen and oxygen atoms in total. The zero-order valence-electron chi connectivity index (χ0n) is 19.8. The highest BCUT2D eigenvalue weighted by Crippen LogP contribution is 2.47. The van der Waals surface area contributed by atoms with Crippen LogP contribution in [0.4, 0.5) is 4.79 Å². The van der Waals surface area contributed by atoms with Crippen LogP contribution in [0.2, 0.25) is 0 Å². The van der Waals surface area contributed by atoms with Gasteiger partial charge < -0.3 is 14.8 Å². The highest BCUT2D eigenvalue weighted by atomic mass is 31.1. The lowest BCUT2D eigenvalue weighted by atomic mass is 9.89. The Kier molecular flexibility index (Phi) is 9.32. The molecule has 1 saturated carbocycles. The van der Waals surface area contributed by atoms with Gasteiger partial charge in [0.15, 0.2) is 0 Å². The molecule has 1 aliphatic carbocycles. The summed E-state index contributed by atoms with van der Waals surface area (Å²) in [6, 6.07) is 4.14. The second-order valence-corrected chi connectivity index (χ2v) is 11.1. The molecule has 2 rings (SSSR count). The van der Waals surface area contributed by atoms with Crippen LogP contribution in [0.15, 0.2) is 12.1 Å². The number of hydrogen-bond donors (Lipinski definition) is 2. The molecule has 1 aromatic carbocycles. The van der Waals surface area contributed by atoms with E-state index in [0.717, 1.165) is 67.4 Å². The Hall–Kier alpha value is -1.65. The van der Waals surface area contributed by atoms with Crippen LogP contribution in [-0.4, -0.2) is 34.9 Å². The number of nitrogens with one attached hydrogen (secondary N) is 1. The van der Waals surface area contributed by atoms with Crippen molar-refractivity contribution in [3.63, 3.8) is 0 Å². The van der Waals surface area contributed by atoms with Gasteiger partial charge in [-0.3, -0.25) is 0 Å². The maximum Gasteiger partial charge on any atom is 0.515 e. The number of ether oxygens (including phenoxy) is 2. The standard InChI is InChI=1S/C24H38NO5P/c1-6-7-13-29-22(26)25-23(4,5)16-20-14-18(2)21(19(3)15-20)30-17-24(31(27)28)11-9-8-10-12-24/h14-15H,6-13,16-17H2,1-5H3,(H-,25,26,27,28)/p+1. The molecule has 1 aromatic rings. The molecule has 31 heavy (non-hydrogen) atoms. The highest BCUT2D eigenvalue weighted by molar-refractivity contribution is 7.40. The van der Waals surface area contributed by atoms with E-state index in [4.69, 9.17) is 9.47 Å². The quantitative estimate of drug-likeness (QED) is 0.338. The summed E-state index contributed by atoms with van der Waals surface area (Å²) >= 11 is 0. The summed E-state index contributed by atoms with van der Waals surface area (Å²) in [5.41, 5.74) is 2.64. The van der Waals surface area contributed by atoms with Gasteiger partial charge in [-0.2, -0.15) is 4.89 Å². The molecule has 0 aliphatic heterocycles. The fourth-order valence-electron chi connectivity index (χ4n) is 4.35. The normalized spacial score (nSPS) is 16.5. The van der Waals surface area contributed by atoms with E-state index < -0.39 is 18.7 Å². The number of carbonyl (C=O) groups excluding carboxylic acids is 1. The summed E-state index contributed by atoms with van der Waals surface area (Å²) in [5.74, 6) is 0.787. The van der Waals surface area contributed by atoms with Gasteiger partial charge >= 0.3 is 14.1 Å². The first kappa shape index (κ1) is 25.6. The zero-order chi connectivity index (χ0) is 23.1. The predicted molar refractivity (Wildman–Crippen MR) is 124 cm³/mol. The maximum absolute atomic E-state index is 12.1. The monoisotopic (exact) mass is 452 g/mol. The van der Waals surface area contributed by atoms with Crippen molar-refractivity contribution in [2.45, 2.75) is 96.7 Å². The van der Waals surface area contributed by atoms with Crippen molar-refractivity contribution in [3.05, 3.63) is 28.8 Å². The summed E-state index contributed by atoms with van der Waals surface area (Å²) in [7, 11) is -2.28. The van der Waals surface area contributed by atoms with Crippen molar-refractivity contribution in [2.75, 3.05) is 13.2 Å². The van der Waals surface area contributed by atoms with Gasteiger partial charge in [-0.25, -0.2) is 4.79 Å². The van der Waals surface area contributed by atoms with E-state index in [9.17, 15) is 14.3 Å². The number of alkyl carbamates (subject to hydrolysis) is 1. The smallest absolute Gasteiger partial charge is 0.488 e. The summed E-state index contributed by atoms with van der Waals surface area (Å²) < 4.78 is 23.4. The molecule has 1 fully saturated rings. The third-order valence-electron chi connectivity index (χ3n) is 6.01. The van der Waals surface area contributed by atoms with Crippen LogP contribution in [0.1, 0.15) is 82.4 Å². The highest BCUT2D eigenvalue weighted by Gasteiger charge is 2.50. The second-order valence-electron chi connectivity index (χ2n) is 9.58. The number of rotatable bonds is 10. The molecule has 1 atom stereocenters. The molecule has 0 saturated heterocycles. The molecule has 0 radical (unpaired) electrons. The molecule has 1 amide bonds. The third kappa shape index (κ3) is 7.47. The lowest BCUT2D eigenvalue weighted by Crippen LogP contribution is -2.45. The van der Waals surface area contributed by atoms with Gasteiger partial charge in [0.1, 0.15) is 12.4 Å². The average Bonchev–Trinajstić information content (AvgIpc) is 2.67. The number of benzene rings is 1. The van der Waals surface area contributed by atoms with Crippen LogP contribution in [0.5, 0.6) is 5.75 Å². The van der Waals surface area contributed by atoms with Crippen molar-refractivity contribution in [1.29, 1.82) is 0 Å². The number of unbranched alkanes of at least 4 members (excludes halogenated alkanes) is 1. The molecule has 2 N–H and O–H groups in total. The van der Waals surface area contributed by atoms with E-state index in [1.165, 1.54) is 0 Å². The van der Waals surface area contributed by atoms with E-state index in [1.54, 1.807) is 0 Å². The van der Waals surface area contributed by atoms with Gasteiger partial charge in [0.25, 0.3) is 0 Å². The van der Waals surface area contributed by atoms with Crippen molar-refractivity contribution >= 4 is 14.1 Å². The molecule has 0 heterocycles. The van der Waals surface area contributed by atoms with E-state index in [2.05, 4.69) is 24.4 Å². The van der Waals surface area contributed by atoms with E-state index in [0.29, 0.717) is 13.0 Å². The number of amides is 1. The van der Waals surface area contributed by atoms with Gasteiger partial charge in [-0.1, -0.05) is 31.9 Å². The molecule has 1 aliphatic rings. The predicted octanol–water partition coefficient (Wildman–Crippen LogP) is 5.97. The number of hydrogen-bond acceptors (Lipinski definition) is 4. The number of carbonyl (C=O) groups is 1. The third-order valence-corrected chi connectivity index (χ3v) is 7.40. The lowest BCUT2D eigenvalue weighted by Gasteiger charge is -2.28. The first-order valence-electron chi connectivity index (χ1n) is 11.4. The van der Waals surface area contributed by atoms with Gasteiger partial charge in [0.05, 0.1) is 6.61 Å². The molecule has 0 bridgehead atoms. The Morgan fingerprint density at radius 2 is 1.81 bits per heavy atom. The molecule has 174 valence electrons. The average molecular weight is 453 g/mol. The second kappa shape index (κ2) is 11.3. The molecule has 7 heteroatoms. The van der Waals surface area contributed by atoms with Crippen LogP contribution >= 0.6 is 8.03 Å². The maximum atomic E-state index is 12.1. The Bertz CT molecular complexity index is 748. The first-order valence-corrected chi connectivity index (χ1v) is 12.6. The minimum atomic E-state index is -2.28. The summed E-state index contributed by atoms with van der Waals surface area (Å²) in [5, 5.41) is 2.32. The number of aryl methyl sites for hydroxylation is 2. The van der Waals surface area contributed by atoms with Crippen molar-refractivity contribution in [1.82, 2.24) is 5.32 Å². The van der Waals surface area contributed by atoms with Gasteiger partial charge in [-0.05, 0) is 74.6 Å². The first-order chi connectivity index (χ1) is 14.6. The lowest BCUT2D eigenvalue weighted by molar-refractivity contribution is 0.134. The van der Waals surface area contributed by atoms with Crippen LogP contribution in [0.25, 0.3) is 0 Å². The van der Waals surface area contributed by atoms with Gasteiger partial charge in [0.2, 0.25) is 5.16 Å². The minimum Gasteiger partial charge on any atom is -0.488 e. The fourth-order valence-corrected chi connectivity index (χ4v) is 5.23. The Morgan fingerprint density at radius 1 is 1.19 bits per heavy atom. The fraction of sp³-hybridized carbons (Fsp3) is 0.708. The van der Waals surface area contributed by atoms with E-state index in [1.807, 2.05) is 27.7 Å². The molecular formula is C24H39NO5P+. The Balaban J connectivity index is 2.04. The van der Waals surface area contributed by atoms with Crippen molar-refractivity contribution in [2.24, 2.45) is 0 Å². The Labute approximate surface area is 188 Å². The van der Waals surface area contributed by atoms with Crippen LogP contribution < -0.4 is 10.1 Å². The SMILES string of the molecule is CCCCOC(=O)NC(C)(C)Cc1cc(C)c(OCC2([P+](=O)O)CCCCC2)c(C)c1. The molecular weight excluding hydrogens is 413 g/mol. The summed E-state index contributed by atoms with van der Waals surface area (Å²) in [6.07, 6.45) is 6.67. The molecule has 0 spiro atoms. The van der Waals surface area contributed by atoms with Gasteiger partial charge in [0, 0.05) is 18.4 Å². The topological polar surface area (TPSA) is 84.9 Å². The van der Waals surface area contributed by atoms with Crippen molar-refractivity contribution < 1.29 is 23.7 Å². The molecule has 1 unspecified atom stereocenters. The zero-order valence-corrected chi connectivity index (χ0v) is 20.6. The Morgan fingerprint density at radius 3 is 2.35 bits per heavy atom. The molecule has 0 aromatic heterocycles. The van der Waals surface area contributed by atoms with Crippen LogP contribution in [0, 0.1) is 13.8 Å². The minimum absolute atomic E-state index is 0.274.